The molecule has 0 saturated carbocycles. The van der Waals surface area contributed by atoms with E-state index in [1.807, 2.05) is 42.5 Å². The van der Waals surface area contributed by atoms with Gasteiger partial charge in [0, 0.05) is 29.0 Å². The van der Waals surface area contributed by atoms with Gasteiger partial charge in [-0.1, -0.05) is 36.4 Å². The van der Waals surface area contributed by atoms with E-state index in [1.54, 1.807) is 24.5 Å². The van der Waals surface area contributed by atoms with Gasteiger partial charge in [-0.05, 0) is 23.6 Å². The number of hydrogen-bond donors (Lipinski definition) is 1. The molecule has 1 aromatic heterocycles. The first kappa shape index (κ1) is 11.4. The Kier molecular flexibility index (Phi) is 2.94. The largest absolute Gasteiger partial charge is 0.321 e. The van der Waals surface area contributed by atoms with Gasteiger partial charge in [-0.2, -0.15) is 0 Å². The van der Waals surface area contributed by atoms with E-state index in [4.69, 9.17) is 0 Å². The Morgan fingerprint density at radius 3 is 2.47 bits per heavy atom. The molecule has 3 nitrogen and oxygen atoms in total. The molecule has 0 aliphatic carbocycles. The summed E-state index contributed by atoms with van der Waals surface area (Å²) in [6.07, 6.45) is 3.22. The predicted molar refractivity (Wildman–Crippen MR) is 76.1 cm³/mol. The van der Waals surface area contributed by atoms with Crippen LogP contribution in [0.25, 0.3) is 10.8 Å². The molecule has 1 amide bonds. The molecule has 19 heavy (non-hydrogen) atoms. The summed E-state index contributed by atoms with van der Waals surface area (Å²) in [5, 5.41) is 5.08. The third-order valence-electron chi connectivity index (χ3n) is 2.98. The zero-order valence-electron chi connectivity index (χ0n) is 10.2. The van der Waals surface area contributed by atoms with Crippen molar-refractivity contribution in [1.82, 2.24) is 4.98 Å². The van der Waals surface area contributed by atoms with Crippen LogP contribution in [-0.4, -0.2) is 10.9 Å². The van der Waals surface area contributed by atoms with Gasteiger partial charge in [-0.3, -0.25) is 9.78 Å². The minimum atomic E-state index is -0.126. The maximum absolute atomic E-state index is 12.1. The number of carbonyl (C=O) groups is 1. The van der Waals surface area contributed by atoms with E-state index in [1.165, 1.54) is 0 Å². The van der Waals surface area contributed by atoms with Gasteiger partial charge in [0.25, 0.3) is 5.91 Å². The highest BCUT2D eigenvalue weighted by atomic mass is 16.1. The normalized spacial score (nSPS) is 10.3. The van der Waals surface area contributed by atoms with Crippen molar-refractivity contribution >= 4 is 22.4 Å². The average Bonchev–Trinajstić information content (AvgIpc) is 2.48. The fraction of sp³-hybridized carbons (Fsp3) is 0. The molecule has 1 N–H and O–H groups in total. The van der Waals surface area contributed by atoms with Gasteiger partial charge in [0.05, 0.1) is 0 Å². The second-order valence-corrected chi connectivity index (χ2v) is 4.22. The van der Waals surface area contributed by atoms with E-state index in [-0.39, 0.29) is 5.91 Å². The van der Waals surface area contributed by atoms with Crippen molar-refractivity contribution < 1.29 is 4.79 Å². The minimum absolute atomic E-state index is 0.126. The number of nitrogens with zero attached hydrogens (tertiary/aromatic N) is 1. The molecule has 0 unspecified atom stereocenters. The van der Waals surface area contributed by atoms with E-state index in [9.17, 15) is 4.79 Å². The van der Waals surface area contributed by atoms with Crippen LogP contribution in [0.3, 0.4) is 0 Å². The lowest BCUT2D eigenvalue weighted by atomic mass is 10.1. The minimum Gasteiger partial charge on any atom is -0.321 e. The first-order valence-electron chi connectivity index (χ1n) is 6.04. The lowest BCUT2D eigenvalue weighted by molar-refractivity contribution is 0.102. The maximum atomic E-state index is 12.1. The molecule has 0 aliphatic rings. The number of fused-ring (bicyclic) bond motifs is 1. The lowest BCUT2D eigenvalue weighted by Gasteiger charge is -2.08. The molecule has 3 rings (SSSR count). The summed E-state index contributed by atoms with van der Waals surface area (Å²) in [6.45, 7) is 0. The van der Waals surface area contributed by atoms with Crippen LogP contribution in [0.2, 0.25) is 0 Å². The Balaban J connectivity index is 1.96. The van der Waals surface area contributed by atoms with Crippen LogP contribution in [0.15, 0.2) is 67.0 Å². The Morgan fingerprint density at radius 2 is 1.63 bits per heavy atom. The van der Waals surface area contributed by atoms with Gasteiger partial charge in [0.2, 0.25) is 0 Å². The number of pyridine rings is 1. The summed E-state index contributed by atoms with van der Waals surface area (Å²) >= 11 is 0. The third-order valence-corrected chi connectivity index (χ3v) is 2.98. The number of carbonyl (C=O) groups excluding carboxylic acids is 1. The van der Waals surface area contributed by atoms with Crippen LogP contribution in [0.4, 0.5) is 5.69 Å². The van der Waals surface area contributed by atoms with Gasteiger partial charge in [0.15, 0.2) is 0 Å². The van der Waals surface area contributed by atoms with Gasteiger partial charge in [0.1, 0.15) is 0 Å². The molecular weight excluding hydrogens is 236 g/mol. The van der Waals surface area contributed by atoms with Crippen molar-refractivity contribution in [2.45, 2.75) is 0 Å². The van der Waals surface area contributed by atoms with Crippen molar-refractivity contribution in [2.24, 2.45) is 0 Å². The van der Waals surface area contributed by atoms with Gasteiger partial charge >= 0.3 is 0 Å². The number of benzene rings is 2. The summed E-state index contributed by atoms with van der Waals surface area (Å²) in [4.78, 5) is 16.0. The zero-order valence-corrected chi connectivity index (χ0v) is 10.2. The fourth-order valence-electron chi connectivity index (χ4n) is 2.03. The molecule has 3 aromatic rings. The first-order chi connectivity index (χ1) is 9.34. The van der Waals surface area contributed by atoms with E-state index < -0.39 is 0 Å². The van der Waals surface area contributed by atoms with Crippen LogP contribution < -0.4 is 5.32 Å². The summed E-state index contributed by atoms with van der Waals surface area (Å²) < 4.78 is 0. The molecule has 1 heterocycles. The maximum Gasteiger partial charge on any atom is 0.255 e. The predicted octanol–water partition coefficient (Wildman–Crippen LogP) is 3.49. The van der Waals surface area contributed by atoms with Crippen molar-refractivity contribution in [3.05, 3.63) is 72.6 Å². The van der Waals surface area contributed by atoms with Crippen LogP contribution >= 0.6 is 0 Å². The Labute approximate surface area is 110 Å². The third kappa shape index (κ3) is 2.31. The SMILES string of the molecule is O=C(Nc1cccc2ccccc12)c1ccncc1. The quantitative estimate of drug-likeness (QED) is 0.754. The van der Waals surface area contributed by atoms with E-state index in [2.05, 4.69) is 10.3 Å². The van der Waals surface area contributed by atoms with Gasteiger partial charge in [-0.25, -0.2) is 0 Å². The van der Waals surface area contributed by atoms with Crippen LogP contribution in [0, 0.1) is 0 Å². The summed E-state index contributed by atoms with van der Waals surface area (Å²) in [5.74, 6) is -0.126. The zero-order chi connectivity index (χ0) is 13.1. The molecule has 0 atom stereocenters. The molecule has 0 aliphatic heterocycles. The molecular formula is C16H12N2O. The highest BCUT2D eigenvalue weighted by Gasteiger charge is 2.07. The molecule has 0 bridgehead atoms. The average molecular weight is 248 g/mol. The van der Waals surface area contributed by atoms with Crippen molar-refractivity contribution in [3.8, 4) is 0 Å². The van der Waals surface area contributed by atoms with Crippen molar-refractivity contribution in [2.75, 3.05) is 5.32 Å². The molecule has 0 fully saturated rings. The van der Waals surface area contributed by atoms with Crippen LogP contribution in [0.1, 0.15) is 10.4 Å². The number of nitrogens with one attached hydrogen (secondary N) is 1. The van der Waals surface area contributed by atoms with Crippen LogP contribution in [0.5, 0.6) is 0 Å². The highest BCUT2D eigenvalue weighted by molar-refractivity contribution is 6.09. The van der Waals surface area contributed by atoms with E-state index in [0.29, 0.717) is 5.56 Å². The summed E-state index contributed by atoms with van der Waals surface area (Å²) in [6, 6.07) is 17.2. The van der Waals surface area contributed by atoms with Gasteiger partial charge in [-0.15, -0.1) is 0 Å². The molecule has 0 spiro atoms. The molecule has 0 radical (unpaired) electrons. The summed E-state index contributed by atoms with van der Waals surface area (Å²) in [7, 11) is 0. The van der Waals surface area contributed by atoms with Gasteiger partial charge < -0.3 is 5.32 Å². The molecule has 92 valence electrons. The number of rotatable bonds is 2. The Hall–Kier alpha value is -2.68. The molecule has 2 aromatic carbocycles. The monoisotopic (exact) mass is 248 g/mol. The smallest absolute Gasteiger partial charge is 0.255 e. The van der Waals surface area contributed by atoms with Crippen molar-refractivity contribution in [3.63, 3.8) is 0 Å². The molecule has 3 heteroatoms. The van der Waals surface area contributed by atoms with Crippen LogP contribution in [-0.2, 0) is 0 Å². The number of aromatic nitrogens is 1. The number of anilines is 1. The van der Waals surface area contributed by atoms with E-state index in [0.717, 1.165) is 16.5 Å². The number of amides is 1. The molecule has 0 saturated heterocycles. The lowest BCUT2D eigenvalue weighted by Crippen LogP contribution is -2.11. The second-order valence-electron chi connectivity index (χ2n) is 4.22. The standard InChI is InChI=1S/C16H12N2O/c19-16(13-8-10-17-11-9-13)18-15-7-3-5-12-4-1-2-6-14(12)15/h1-11H,(H,18,19). The summed E-state index contributed by atoms with van der Waals surface area (Å²) in [5.41, 5.74) is 1.42. The van der Waals surface area contributed by atoms with E-state index >= 15 is 0 Å². The topological polar surface area (TPSA) is 42.0 Å². The second kappa shape index (κ2) is 4.90. The Bertz CT molecular complexity index is 718. The fourth-order valence-corrected chi connectivity index (χ4v) is 2.03. The Morgan fingerprint density at radius 1 is 0.895 bits per heavy atom. The number of hydrogen-bond acceptors (Lipinski definition) is 2. The first-order valence-corrected chi connectivity index (χ1v) is 6.04. The van der Waals surface area contributed by atoms with Crippen molar-refractivity contribution in [1.29, 1.82) is 0 Å². The highest BCUT2D eigenvalue weighted by Crippen LogP contribution is 2.23.